The van der Waals surface area contributed by atoms with E-state index in [1.165, 1.54) is 0 Å². The molecule has 7 nitrogen and oxygen atoms in total. The summed E-state index contributed by atoms with van der Waals surface area (Å²) in [6.45, 7) is 8.86. The molecule has 0 radical (unpaired) electrons. The molecule has 7 heteroatoms. The van der Waals surface area contributed by atoms with Crippen molar-refractivity contribution in [3.8, 4) is 0 Å². The summed E-state index contributed by atoms with van der Waals surface area (Å²) in [5.74, 6) is -0.206. The molecule has 1 aromatic carbocycles. The van der Waals surface area contributed by atoms with Crippen LogP contribution in [0.15, 0.2) is 18.2 Å². The highest BCUT2D eigenvalue weighted by atomic mass is 16.6. The second-order valence-electron chi connectivity index (χ2n) is 6.86. The van der Waals surface area contributed by atoms with E-state index in [1.807, 2.05) is 27.7 Å². The SMILES string of the molecule is Cc1nc2ccc(C(=O)NCC(C)(C)N3CCOC3=O)cc2nc1C. The fourth-order valence-corrected chi connectivity index (χ4v) is 2.81. The lowest BCUT2D eigenvalue weighted by Gasteiger charge is -2.33. The van der Waals surface area contributed by atoms with Crippen LogP contribution in [0.1, 0.15) is 35.6 Å². The summed E-state index contributed by atoms with van der Waals surface area (Å²) >= 11 is 0. The standard InChI is InChI=1S/C18H22N4O3/c1-11-12(2)21-15-9-13(5-6-14(15)20-11)16(23)19-10-18(3,4)22-7-8-25-17(22)24/h5-6,9H,7-8,10H2,1-4H3,(H,19,23). The number of ether oxygens (including phenoxy) is 1. The van der Waals surface area contributed by atoms with Crippen LogP contribution in [0, 0.1) is 13.8 Å². The Balaban J connectivity index is 1.73. The summed E-state index contributed by atoms with van der Waals surface area (Å²) in [6, 6.07) is 5.27. The minimum absolute atomic E-state index is 0.206. The largest absolute Gasteiger partial charge is 0.448 e. The highest BCUT2D eigenvalue weighted by Gasteiger charge is 2.35. The predicted molar refractivity (Wildman–Crippen MR) is 93.5 cm³/mol. The second kappa shape index (κ2) is 6.31. The third kappa shape index (κ3) is 3.40. The van der Waals surface area contributed by atoms with Crippen molar-refractivity contribution in [2.45, 2.75) is 33.2 Å². The van der Waals surface area contributed by atoms with Gasteiger partial charge in [-0.2, -0.15) is 0 Å². The number of cyclic esters (lactones) is 1. The van der Waals surface area contributed by atoms with Gasteiger partial charge in [0, 0.05) is 12.1 Å². The molecule has 3 rings (SSSR count). The number of carbonyl (C=O) groups excluding carboxylic acids is 2. The van der Waals surface area contributed by atoms with Crippen LogP contribution in [0.5, 0.6) is 0 Å². The first-order valence-electron chi connectivity index (χ1n) is 8.25. The molecule has 1 aromatic heterocycles. The van der Waals surface area contributed by atoms with E-state index in [1.54, 1.807) is 23.1 Å². The Kier molecular flexibility index (Phi) is 4.32. The lowest BCUT2D eigenvalue weighted by Crippen LogP contribution is -2.52. The number of nitrogens with zero attached hydrogens (tertiary/aromatic N) is 3. The Morgan fingerprint density at radius 2 is 1.92 bits per heavy atom. The van der Waals surface area contributed by atoms with Gasteiger partial charge in [-0.05, 0) is 45.9 Å². The molecule has 2 heterocycles. The zero-order valence-corrected chi connectivity index (χ0v) is 14.9. The van der Waals surface area contributed by atoms with Gasteiger partial charge in [0.1, 0.15) is 6.61 Å². The van der Waals surface area contributed by atoms with Gasteiger partial charge in [0.2, 0.25) is 0 Å². The Morgan fingerprint density at radius 1 is 1.24 bits per heavy atom. The second-order valence-corrected chi connectivity index (χ2v) is 6.86. The van der Waals surface area contributed by atoms with Crippen LogP contribution < -0.4 is 5.32 Å². The molecular weight excluding hydrogens is 320 g/mol. The summed E-state index contributed by atoms with van der Waals surface area (Å²) in [7, 11) is 0. The molecule has 132 valence electrons. The van der Waals surface area contributed by atoms with Gasteiger partial charge in [0.15, 0.2) is 0 Å². The van der Waals surface area contributed by atoms with Gasteiger partial charge in [0.25, 0.3) is 5.91 Å². The van der Waals surface area contributed by atoms with E-state index >= 15 is 0 Å². The number of amides is 2. The van der Waals surface area contributed by atoms with Crippen molar-refractivity contribution in [3.05, 3.63) is 35.2 Å². The average Bonchev–Trinajstić information content (AvgIpc) is 3.00. The van der Waals surface area contributed by atoms with Crippen molar-refractivity contribution in [1.29, 1.82) is 0 Å². The van der Waals surface area contributed by atoms with Crippen LogP contribution in [0.2, 0.25) is 0 Å². The molecule has 1 N–H and O–H groups in total. The molecule has 1 fully saturated rings. The molecule has 0 aliphatic carbocycles. The summed E-state index contributed by atoms with van der Waals surface area (Å²) in [5.41, 5.74) is 3.18. The van der Waals surface area contributed by atoms with Gasteiger partial charge in [-0.15, -0.1) is 0 Å². The van der Waals surface area contributed by atoms with Crippen LogP contribution in [0.4, 0.5) is 4.79 Å². The molecule has 0 bridgehead atoms. The van der Waals surface area contributed by atoms with Crippen LogP contribution in [-0.2, 0) is 4.74 Å². The van der Waals surface area contributed by atoms with Crippen LogP contribution in [0.3, 0.4) is 0 Å². The van der Waals surface area contributed by atoms with Gasteiger partial charge in [-0.3, -0.25) is 9.69 Å². The lowest BCUT2D eigenvalue weighted by molar-refractivity contribution is 0.0903. The molecule has 0 saturated carbocycles. The minimum atomic E-state index is -0.520. The number of aromatic nitrogens is 2. The fraction of sp³-hybridized carbons (Fsp3) is 0.444. The zero-order chi connectivity index (χ0) is 18.2. The van der Waals surface area contributed by atoms with Crippen LogP contribution in [0.25, 0.3) is 11.0 Å². The number of hydrogen-bond donors (Lipinski definition) is 1. The van der Waals surface area contributed by atoms with Crippen LogP contribution in [-0.4, -0.2) is 52.1 Å². The Morgan fingerprint density at radius 3 is 2.56 bits per heavy atom. The van der Waals surface area contributed by atoms with Crippen molar-refractivity contribution in [2.75, 3.05) is 19.7 Å². The van der Waals surface area contributed by atoms with Gasteiger partial charge in [0.05, 0.1) is 34.5 Å². The first-order chi connectivity index (χ1) is 11.8. The van der Waals surface area contributed by atoms with Crippen molar-refractivity contribution in [2.24, 2.45) is 0 Å². The Hall–Kier alpha value is -2.70. The van der Waals surface area contributed by atoms with Crippen molar-refractivity contribution < 1.29 is 14.3 Å². The maximum absolute atomic E-state index is 12.5. The molecule has 2 aromatic rings. The highest BCUT2D eigenvalue weighted by molar-refractivity contribution is 5.97. The number of carbonyl (C=O) groups is 2. The molecule has 1 aliphatic heterocycles. The average molecular weight is 342 g/mol. The Labute approximate surface area is 146 Å². The molecule has 1 aliphatic rings. The number of fused-ring (bicyclic) bond motifs is 1. The van der Waals surface area contributed by atoms with E-state index in [2.05, 4.69) is 15.3 Å². The monoisotopic (exact) mass is 342 g/mol. The van der Waals surface area contributed by atoms with E-state index in [4.69, 9.17) is 4.74 Å². The topological polar surface area (TPSA) is 84.4 Å². The fourth-order valence-electron chi connectivity index (χ4n) is 2.81. The number of aryl methyl sites for hydroxylation is 2. The Bertz CT molecular complexity index is 848. The highest BCUT2D eigenvalue weighted by Crippen LogP contribution is 2.19. The van der Waals surface area contributed by atoms with E-state index in [9.17, 15) is 9.59 Å². The first-order valence-corrected chi connectivity index (χ1v) is 8.25. The maximum atomic E-state index is 12.5. The first kappa shape index (κ1) is 17.1. The number of nitrogens with one attached hydrogen (secondary N) is 1. The molecule has 0 atom stereocenters. The van der Waals surface area contributed by atoms with Gasteiger partial charge in [-0.25, -0.2) is 14.8 Å². The van der Waals surface area contributed by atoms with Crippen LogP contribution >= 0.6 is 0 Å². The molecular formula is C18H22N4O3. The molecule has 1 saturated heterocycles. The third-order valence-corrected chi connectivity index (χ3v) is 4.51. The number of benzene rings is 1. The summed E-state index contributed by atoms with van der Waals surface area (Å²) < 4.78 is 4.97. The summed E-state index contributed by atoms with van der Waals surface area (Å²) in [6.07, 6.45) is -0.342. The molecule has 25 heavy (non-hydrogen) atoms. The normalized spacial score (nSPS) is 14.7. The smallest absolute Gasteiger partial charge is 0.410 e. The summed E-state index contributed by atoms with van der Waals surface area (Å²) in [5, 5.41) is 2.89. The van der Waals surface area contributed by atoms with Crippen molar-refractivity contribution in [3.63, 3.8) is 0 Å². The quantitative estimate of drug-likeness (QED) is 0.921. The maximum Gasteiger partial charge on any atom is 0.410 e. The van der Waals surface area contributed by atoms with Crippen molar-refractivity contribution >= 4 is 23.0 Å². The van der Waals surface area contributed by atoms with Gasteiger partial charge >= 0.3 is 6.09 Å². The third-order valence-electron chi connectivity index (χ3n) is 4.51. The van der Waals surface area contributed by atoms with Gasteiger partial charge in [-0.1, -0.05) is 0 Å². The predicted octanol–water partition coefficient (Wildman–Crippen LogP) is 2.21. The van der Waals surface area contributed by atoms with E-state index < -0.39 is 5.54 Å². The molecule has 0 spiro atoms. The van der Waals surface area contributed by atoms with Crippen molar-refractivity contribution in [1.82, 2.24) is 20.2 Å². The van der Waals surface area contributed by atoms with E-state index in [0.29, 0.717) is 30.8 Å². The zero-order valence-electron chi connectivity index (χ0n) is 14.9. The molecule has 2 amide bonds. The number of rotatable bonds is 4. The summed E-state index contributed by atoms with van der Waals surface area (Å²) in [4.78, 5) is 34.8. The number of hydrogen-bond acceptors (Lipinski definition) is 5. The minimum Gasteiger partial charge on any atom is -0.448 e. The lowest BCUT2D eigenvalue weighted by atomic mass is 10.0. The molecule has 0 unspecified atom stereocenters. The van der Waals surface area contributed by atoms with Gasteiger partial charge < -0.3 is 10.1 Å². The van der Waals surface area contributed by atoms with E-state index in [0.717, 1.165) is 16.9 Å². The van der Waals surface area contributed by atoms with E-state index in [-0.39, 0.29) is 12.0 Å².